The van der Waals surface area contributed by atoms with Gasteiger partial charge in [0.05, 0.1) is 18.2 Å². The second-order valence-corrected chi connectivity index (χ2v) is 9.16. The molecule has 27 heavy (non-hydrogen) atoms. The summed E-state index contributed by atoms with van der Waals surface area (Å²) >= 11 is 8.82. The number of ether oxygens (including phenoxy) is 1. The van der Waals surface area contributed by atoms with Crippen molar-refractivity contribution in [2.75, 3.05) is 7.11 Å². The summed E-state index contributed by atoms with van der Waals surface area (Å²) in [5.41, 5.74) is 1.71. The number of thioether (sulfide) groups is 1. The normalized spacial score (nSPS) is 14.3. The third-order valence-corrected chi connectivity index (χ3v) is 7.08. The van der Waals surface area contributed by atoms with Crippen molar-refractivity contribution >= 4 is 50.9 Å². The lowest BCUT2D eigenvalue weighted by atomic mass is 10.2. The van der Waals surface area contributed by atoms with Gasteiger partial charge in [-0.2, -0.15) is 0 Å². The highest BCUT2D eigenvalue weighted by Crippen LogP contribution is 2.36. The number of esters is 1. The molecular weight excluding hydrogens is 404 g/mol. The molecule has 0 amide bonds. The van der Waals surface area contributed by atoms with Crippen LogP contribution in [-0.2, 0) is 22.4 Å². The van der Waals surface area contributed by atoms with E-state index in [0.717, 1.165) is 29.7 Å². The minimum absolute atomic E-state index is 0.0960. The van der Waals surface area contributed by atoms with Crippen molar-refractivity contribution in [3.8, 4) is 5.69 Å². The number of halogens is 1. The molecule has 1 aliphatic carbocycles. The number of rotatable bonds is 4. The summed E-state index contributed by atoms with van der Waals surface area (Å²) in [7, 11) is 1.35. The first-order valence-corrected chi connectivity index (χ1v) is 10.6. The quantitative estimate of drug-likeness (QED) is 0.359. The molecule has 0 saturated heterocycles. The van der Waals surface area contributed by atoms with Crippen LogP contribution in [0.1, 0.15) is 23.8 Å². The van der Waals surface area contributed by atoms with Crippen LogP contribution in [-0.4, -0.2) is 27.9 Å². The number of carbonyl (C=O) groups excluding carboxylic acids is 1. The maximum absolute atomic E-state index is 13.4. The number of hydrogen-bond acceptors (Lipinski definition) is 6. The Morgan fingerprint density at radius 2 is 2.07 bits per heavy atom. The van der Waals surface area contributed by atoms with Gasteiger partial charge in [-0.05, 0) is 56.0 Å². The molecular formula is C19H17ClN2O3S2. The molecule has 0 fully saturated rings. The van der Waals surface area contributed by atoms with Crippen molar-refractivity contribution in [3.05, 3.63) is 50.1 Å². The number of nitrogens with zero attached hydrogens (tertiary/aromatic N) is 2. The van der Waals surface area contributed by atoms with Crippen LogP contribution < -0.4 is 5.56 Å². The largest absolute Gasteiger partial charge is 0.468 e. The molecule has 0 radical (unpaired) electrons. The molecule has 0 N–H and O–H groups in total. The van der Waals surface area contributed by atoms with Crippen LogP contribution in [0.2, 0.25) is 5.02 Å². The molecule has 0 spiro atoms. The monoisotopic (exact) mass is 420 g/mol. The van der Waals surface area contributed by atoms with Crippen LogP contribution in [0.25, 0.3) is 15.9 Å². The van der Waals surface area contributed by atoms with E-state index in [1.807, 2.05) is 0 Å². The zero-order chi connectivity index (χ0) is 19.1. The zero-order valence-electron chi connectivity index (χ0n) is 14.8. The Kier molecular flexibility index (Phi) is 5.01. The van der Waals surface area contributed by atoms with Crippen LogP contribution in [0.3, 0.4) is 0 Å². The standard InChI is InChI=1S/C19H17ClN2O3S2/c1-10(18(24)25-2)26-19-21-16-15(13-4-3-5-14(13)27-16)17(23)22(19)12-8-6-11(20)7-9-12/h6-10H,3-5H2,1-2H3. The number of hydrogen-bond donors (Lipinski definition) is 0. The lowest BCUT2D eigenvalue weighted by molar-refractivity contribution is -0.139. The lowest BCUT2D eigenvalue weighted by Gasteiger charge is -2.15. The Hall–Kier alpha value is -1.83. The maximum Gasteiger partial charge on any atom is 0.318 e. The van der Waals surface area contributed by atoms with Gasteiger partial charge in [-0.15, -0.1) is 11.3 Å². The topological polar surface area (TPSA) is 61.2 Å². The molecule has 1 aliphatic rings. The third kappa shape index (κ3) is 3.28. The molecule has 1 unspecified atom stereocenters. The summed E-state index contributed by atoms with van der Waals surface area (Å²) in [5, 5.41) is 1.30. The van der Waals surface area contributed by atoms with Crippen LogP contribution in [0.4, 0.5) is 0 Å². The number of thiophene rings is 1. The van der Waals surface area contributed by atoms with E-state index in [0.29, 0.717) is 21.3 Å². The van der Waals surface area contributed by atoms with E-state index in [2.05, 4.69) is 0 Å². The summed E-state index contributed by atoms with van der Waals surface area (Å²) < 4.78 is 6.40. The zero-order valence-corrected chi connectivity index (χ0v) is 17.2. The van der Waals surface area contributed by atoms with Gasteiger partial charge < -0.3 is 4.74 Å². The van der Waals surface area contributed by atoms with E-state index < -0.39 is 5.25 Å². The Bertz CT molecular complexity index is 1090. The van der Waals surface area contributed by atoms with E-state index >= 15 is 0 Å². The molecule has 2 aromatic heterocycles. The summed E-state index contributed by atoms with van der Waals surface area (Å²) in [6, 6.07) is 7.06. The van der Waals surface area contributed by atoms with E-state index in [9.17, 15) is 9.59 Å². The van der Waals surface area contributed by atoms with Gasteiger partial charge in [-0.3, -0.25) is 14.2 Å². The average molecular weight is 421 g/mol. The lowest BCUT2D eigenvalue weighted by Crippen LogP contribution is -2.24. The summed E-state index contributed by atoms with van der Waals surface area (Å²) in [6.07, 6.45) is 2.99. The Morgan fingerprint density at radius 1 is 1.33 bits per heavy atom. The highest BCUT2D eigenvalue weighted by atomic mass is 35.5. The van der Waals surface area contributed by atoms with E-state index in [1.165, 1.54) is 23.7 Å². The Labute approximate surface area is 169 Å². The average Bonchev–Trinajstić information content (AvgIpc) is 3.23. The molecule has 1 atom stereocenters. The minimum Gasteiger partial charge on any atom is -0.468 e. The first-order chi connectivity index (χ1) is 13.0. The second kappa shape index (κ2) is 7.30. The van der Waals surface area contributed by atoms with Gasteiger partial charge in [0.2, 0.25) is 0 Å². The number of fused-ring (bicyclic) bond motifs is 3. The number of aryl methyl sites for hydroxylation is 2. The fourth-order valence-corrected chi connectivity index (χ4v) is 5.68. The van der Waals surface area contributed by atoms with Gasteiger partial charge >= 0.3 is 5.97 Å². The number of aromatic nitrogens is 2. The number of benzene rings is 1. The molecule has 1 aromatic carbocycles. The smallest absolute Gasteiger partial charge is 0.318 e. The summed E-state index contributed by atoms with van der Waals surface area (Å²) in [5.74, 6) is -0.356. The Morgan fingerprint density at radius 3 is 2.78 bits per heavy atom. The van der Waals surface area contributed by atoms with Crippen LogP contribution in [0.15, 0.2) is 34.2 Å². The van der Waals surface area contributed by atoms with Gasteiger partial charge in [0.25, 0.3) is 5.56 Å². The maximum atomic E-state index is 13.4. The highest BCUT2D eigenvalue weighted by molar-refractivity contribution is 8.00. The van der Waals surface area contributed by atoms with Crippen molar-refractivity contribution in [2.45, 2.75) is 36.6 Å². The van der Waals surface area contributed by atoms with Crippen LogP contribution in [0, 0.1) is 0 Å². The fraction of sp³-hybridized carbons (Fsp3) is 0.316. The van der Waals surface area contributed by atoms with Crippen LogP contribution in [0.5, 0.6) is 0 Å². The second-order valence-electron chi connectivity index (χ2n) is 6.33. The molecule has 2 heterocycles. The van der Waals surface area contributed by atoms with Crippen molar-refractivity contribution < 1.29 is 9.53 Å². The van der Waals surface area contributed by atoms with Gasteiger partial charge in [0.15, 0.2) is 5.16 Å². The fourth-order valence-electron chi connectivity index (χ4n) is 3.29. The Balaban J connectivity index is 1.94. The van der Waals surface area contributed by atoms with Gasteiger partial charge in [-0.1, -0.05) is 23.4 Å². The molecule has 4 rings (SSSR count). The first-order valence-electron chi connectivity index (χ1n) is 8.57. The van der Waals surface area contributed by atoms with E-state index in [-0.39, 0.29) is 11.5 Å². The van der Waals surface area contributed by atoms with Crippen molar-refractivity contribution in [3.63, 3.8) is 0 Å². The van der Waals surface area contributed by atoms with Crippen molar-refractivity contribution in [2.24, 2.45) is 0 Å². The highest BCUT2D eigenvalue weighted by Gasteiger charge is 2.25. The molecule has 3 aromatic rings. The molecule has 5 nitrogen and oxygen atoms in total. The summed E-state index contributed by atoms with van der Waals surface area (Å²) in [4.78, 5) is 32.1. The summed E-state index contributed by atoms with van der Waals surface area (Å²) in [6.45, 7) is 1.74. The van der Waals surface area contributed by atoms with Crippen molar-refractivity contribution in [1.29, 1.82) is 0 Å². The number of carbonyl (C=O) groups is 1. The minimum atomic E-state index is -0.482. The predicted molar refractivity (Wildman–Crippen MR) is 110 cm³/mol. The SMILES string of the molecule is COC(=O)C(C)Sc1nc2sc3c(c2c(=O)n1-c1ccc(Cl)cc1)CCC3. The van der Waals surface area contributed by atoms with Gasteiger partial charge in [-0.25, -0.2) is 4.98 Å². The van der Waals surface area contributed by atoms with E-state index in [1.54, 1.807) is 47.1 Å². The predicted octanol–water partition coefficient (Wildman–Crippen LogP) is 4.24. The van der Waals surface area contributed by atoms with E-state index in [4.69, 9.17) is 21.3 Å². The van der Waals surface area contributed by atoms with Gasteiger partial charge in [0, 0.05) is 9.90 Å². The molecule has 0 saturated carbocycles. The van der Waals surface area contributed by atoms with Crippen molar-refractivity contribution in [1.82, 2.24) is 9.55 Å². The third-order valence-electron chi connectivity index (χ3n) is 4.61. The van der Waals surface area contributed by atoms with Crippen LogP contribution >= 0.6 is 34.7 Å². The first kappa shape index (κ1) is 18.5. The molecule has 0 aliphatic heterocycles. The molecule has 140 valence electrons. The molecule has 8 heteroatoms. The number of methoxy groups -OCH3 is 1. The molecule has 0 bridgehead atoms. The van der Waals surface area contributed by atoms with Gasteiger partial charge in [0.1, 0.15) is 10.1 Å².